The van der Waals surface area contributed by atoms with Gasteiger partial charge in [0, 0.05) is 56.1 Å². The molecule has 4 heterocycles. The van der Waals surface area contributed by atoms with Crippen molar-refractivity contribution < 1.29 is 26.4 Å². The molecule has 2 fully saturated rings. The highest BCUT2D eigenvalue weighted by Crippen LogP contribution is 2.36. The number of hydrogen-bond donors (Lipinski definition) is 2. The van der Waals surface area contributed by atoms with E-state index in [9.17, 15) is 31.2 Å². The number of benzene rings is 1. The number of aromatic nitrogens is 4. The Labute approximate surface area is 237 Å². The fourth-order valence-corrected chi connectivity index (χ4v) is 6.40. The van der Waals surface area contributed by atoms with Crippen LogP contribution in [0.25, 0.3) is 5.78 Å². The van der Waals surface area contributed by atoms with Gasteiger partial charge >= 0.3 is 6.18 Å². The zero-order chi connectivity index (χ0) is 29.9. The molecule has 41 heavy (non-hydrogen) atoms. The summed E-state index contributed by atoms with van der Waals surface area (Å²) in [6.07, 6.45) is -3.30. The molecule has 2 aromatic heterocycles. The van der Waals surface area contributed by atoms with Crippen molar-refractivity contribution in [3.8, 4) is 0 Å². The summed E-state index contributed by atoms with van der Waals surface area (Å²) in [6, 6.07) is 1.17. The number of carbonyl (C=O) groups is 1. The number of primary amides is 1. The van der Waals surface area contributed by atoms with E-state index >= 15 is 0 Å². The lowest BCUT2D eigenvalue weighted by Gasteiger charge is -2.36. The van der Waals surface area contributed by atoms with Gasteiger partial charge in [-0.1, -0.05) is 24.6 Å². The summed E-state index contributed by atoms with van der Waals surface area (Å²) in [5, 5.41) is 6.62. The number of anilines is 2. The average Bonchev–Trinajstić information content (AvgIpc) is 3.29. The van der Waals surface area contributed by atoms with Gasteiger partial charge in [0.05, 0.1) is 16.5 Å². The first kappa shape index (κ1) is 29.1. The molecule has 0 radical (unpaired) electrons. The number of rotatable bonds is 7. The Kier molecular flexibility index (Phi) is 7.44. The molecular weight excluding hydrogens is 589 g/mol. The molecule has 1 aromatic carbocycles. The summed E-state index contributed by atoms with van der Waals surface area (Å²) < 4.78 is 66.4. The van der Waals surface area contributed by atoms with E-state index in [0.29, 0.717) is 31.9 Å². The van der Waals surface area contributed by atoms with Crippen LogP contribution in [0, 0.1) is 0 Å². The fourth-order valence-electron chi connectivity index (χ4n) is 5.21. The third-order valence-electron chi connectivity index (χ3n) is 7.41. The molecule has 12 nitrogen and oxygen atoms in total. The summed E-state index contributed by atoms with van der Waals surface area (Å²) in [7, 11) is -3.30. The number of halogens is 4. The number of nitrogens with two attached hydrogens (primary N) is 1. The normalized spacial score (nSPS) is 17.6. The SMILES string of the molecule is CCc1c(N2CCNCC2)c(=O)n2nc(N3CC(S(C)(=O)=O)C3)nc2n1C(C(N)=O)c1ccc(C(F)(F)F)cc1Cl. The van der Waals surface area contributed by atoms with Crippen LogP contribution in [0.3, 0.4) is 0 Å². The maximum Gasteiger partial charge on any atom is 0.416 e. The lowest BCUT2D eigenvalue weighted by molar-refractivity contribution is -0.137. The van der Waals surface area contributed by atoms with Crippen LogP contribution in [0.15, 0.2) is 23.0 Å². The number of nitrogens with zero attached hydrogens (tertiary/aromatic N) is 6. The number of fused-ring (bicyclic) bond motifs is 1. The molecule has 5 rings (SSSR count). The number of amides is 1. The molecule has 1 unspecified atom stereocenters. The van der Waals surface area contributed by atoms with Gasteiger partial charge in [0.25, 0.3) is 5.56 Å². The summed E-state index contributed by atoms with van der Waals surface area (Å²) in [4.78, 5) is 34.9. The zero-order valence-corrected chi connectivity index (χ0v) is 23.7. The van der Waals surface area contributed by atoms with E-state index in [1.807, 2.05) is 4.90 Å². The largest absolute Gasteiger partial charge is 0.416 e. The van der Waals surface area contributed by atoms with Crippen molar-refractivity contribution in [1.29, 1.82) is 0 Å². The van der Waals surface area contributed by atoms with Crippen LogP contribution in [-0.4, -0.2) is 84.3 Å². The molecular formula is C24H28ClF3N8O4S. The van der Waals surface area contributed by atoms with Crippen molar-refractivity contribution in [3.63, 3.8) is 0 Å². The highest BCUT2D eigenvalue weighted by atomic mass is 35.5. The first-order valence-electron chi connectivity index (χ1n) is 12.8. The second kappa shape index (κ2) is 10.5. The monoisotopic (exact) mass is 616 g/mol. The number of carbonyl (C=O) groups excluding carboxylic acids is 1. The van der Waals surface area contributed by atoms with E-state index in [0.717, 1.165) is 29.0 Å². The zero-order valence-electron chi connectivity index (χ0n) is 22.2. The molecule has 2 aliphatic heterocycles. The van der Waals surface area contributed by atoms with Crippen LogP contribution >= 0.6 is 11.6 Å². The number of sulfone groups is 1. The molecule has 17 heteroatoms. The van der Waals surface area contributed by atoms with Crippen molar-refractivity contribution in [2.24, 2.45) is 5.73 Å². The van der Waals surface area contributed by atoms with Gasteiger partial charge < -0.3 is 20.9 Å². The van der Waals surface area contributed by atoms with E-state index in [4.69, 9.17) is 17.3 Å². The fraction of sp³-hybridized carbons (Fsp3) is 0.500. The molecule has 0 spiro atoms. The van der Waals surface area contributed by atoms with E-state index < -0.39 is 44.3 Å². The van der Waals surface area contributed by atoms with Crippen LogP contribution < -0.4 is 26.4 Å². The molecule has 2 aliphatic rings. The van der Waals surface area contributed by atoms with Gasteiger partial charge in [-0.2, -0.15) is 22.7 Å². The highest BCUT2D eigenvalue weighted by Gasteiger charge is 2.39. The second-order valence-corrected chi connectivity index (χ2v) is 12.8. The van der Waals surface area contributed by atoms with Crippen LogP contribution in [0.4, 0.5) is 24.8 Å². The Morgan fingerprint density at radius 3 is 2.41 bits per heavy atom. The Balaban J connectivity index is 1.75. The summed E-state index contributed by atoms with van der Waals surface area (Å²) in [6.45, 7) is 4.11. The number of hydrogen-bond acceptors (Lipinski definition) is 9. The van der Waals surface area contributed by atoms with Crippen molar-refractivity contribution >= 4 is 44.8 Å². The summed E-state index contributed by atoms with van der Waals surface area (Å²) >= 11 is 6.33. The topological polar surface area (TPSA) is 148 Å². The predicted molar refractivity (Wildman–Crippen MR) is 146 cm³/mol. The molecule has 222 valence electrons. The number of piperazine rings is 1. The minimum atomic E-state index is -4.66. The lowest BCUT2D eigenvalue weighted by atomic mass is 10.0. The number of nitrogens with one attached hydrogen (secondary N) is 1. The maximum absolute atomic E-state index is 13.9. The van der Waals surface area contributed by atoms with Crippen molar-refractivity contribution in [3.05, 3.63) is 50.4 Å². The van der Waals surface area contributed by atoms with Gasteiger partial charge in [-0.3, -0.25) is 14.2 Å². The van der Waals surface area contributed by atoms with Gasteiger partial charge in [-0.05, 0) is 18.6 Å². The van der Waals surface area contributed by atoms with Crippen LogP contribution in [0.2, 0.25) is 5.02 Å². The van der Waals surface area contributed by atoms with Gasteiger partial charge in [-0.15, -0.1) is 5.10 Å². The average molecular weight is 617 g/mol. The van der Waals surface area contributed by atoms with Crippen molar-refractivity contribution in [2.45, 2.75) is 30.8 Å². The predicted octanol–water partition coefficient (Wildman–Crippen LogP) is 0.843. The molecule has 1 amide bonds. The summed E-state index contributed by atoms with van der Waals surface area (Å²) in [5.41, 5.74) is 4.98. The smallest absolute Gasteiger partial charge is 0.368 e. The van der Waals surface area contributed by atoms with Gasteiger partial charge in [0.1, 0.15) is 11.7 Å². The molecule has 2 saturated heterocycles. The van der Waals surface area contributed by atoms with Crippen LogP contribution in [0.5, 0.6) is 0 Å². The lowest BCUT2D eigenvalue weighted by Crippen LogP contribution is -2.55. The van der Waals surface area contributed by atoms with Crippen molar-refractivity contribution in [1.82, 2.24) is 24.5 Å². The Morgan fingerprint density at radius 2 is 1.88 bits per heavy atom. The van der Waals surface area contributed by atoms with Crippen molar-refractivity contribution in [2.75, 3.05) is 55.3 Å². The van der Waals surface area contributed by atoms with E-state index in [1.165, 1.54) is 4.57 Å². The minimum Gasteiger partial charge on any atom is -0.368 e. The Bertz CT molecular complexity index is 1680. The van der Waals surface area contributed by atoms with Gasteiger partial charge in [0.15, 0.2) is 9.84 Å². The quantitative estimate of drug-likeness (QED) is 0.394. The molecule has 3 aromatic rings. The Hall–Kier alpha value is -3.37. The Morgan fingerprint density at radius 1 is 1.22 bits per heavy atom. The second-order valence-electron chi connectivity index (χ2n) is 10.1. The number of alkyl halides is 3. The molecule has 3 N–H and O–H groups in total. The van der Waals surface area contributed by atoms with Crippen LogP contribution in [0.1, 0.15) is 29.8 Å². The highest BCUT2D eigenvalue weighted by molar-refractivity contribution is 7.91. The molecule has 0 bridgehead atoms. The third-order valence-corrected chi connectivity index (χ3v) is 9.24. The first-order valence-corrected chi connectivity index (χ1v) is 15.1. The van der Waals surface area contributed by atoms with Gasteiger partial charge in [0.2, 0.25) is 17.6 Å². The van der Waals surface area contributed by atoms with E-state index in [1.54, 1.807) is 11.8 Å². The molecule has 0 saturated carbocycles. The van der Waals surface area contributed by atoms with Crippen LogP contribution in [-0.2, 0) is 27.2 Å². The minimum absolute atomic E-state index is 0.00989. The molecule has 1 atom stereocenters. The first-order chi connectivity index (χ1) is 19.2. The summed E-state index contributed by atoms with van der Waals surface area (Å²) in [5.74, 6) is -0.955. The third kappa shape index (κ3) is 5.23. The van der Waals surface area contributed by atoms with E-state index in [2.05, 4.69) is 15.4 Å². The maximum atomic E-state index is 13.9. The molecule has 0 aliphatic carbocycles. The van der Waals surface area contributed by atoms with Gasteiger partial charge in [-0.25, -0.2) is 8.42 Å². The standard InChI is InChI=1S/C24H28ClF3N8O4S/c1-3-17-19(33-8-6-30-7-9-33)21(38)36-23(31-22(32-36)34-11-14(12-34)41(2,39)40)35(17)18(20(29)37)15-5-4-13(10-16(15)25)24(26,27)28/h4-5,10,14,18,30H,3,6-9,11-12H2,1-2H3,(H2,29,37). The van der Waals surface area contributed by atoms with E-state index in [-0.39, 0.29) is 47.5 Å².